The fourth-order valence-corrected chi connectivity index (χ4v) is 1.67. The van der Waals surface area contributed by atoms with Crippen molar-refractivity contribution in [3.63, 3.8) is 0 Å². The van der Waals surface area contributed by atoms with Crippen molar-refractivity contribution < 1.29 is 17.2 Å². The SMILES string of the molecule is CC.CCNC(=O)OCCCC(=O)NCCc1ccccc1.[HH].[HH]. The monoisotopic (exact) mass is 312 g/mol. The van der Waals surface area contributed by atoms with Gasteiger partial charge in [0.25, 0.3) is 0 Å². The van der Waals surface area contributed by atoms with Crippen LogP contribution in [-0.4, -0.2) is 31.7 Å². The van der Waals surface area contributed by atoms with Crippen molar-refractivity contribution in [1.82, 2.24) is 10.6 Å². The van der Waals surface area contributed by atoms with Crippen LogP contribution in [0, 0.1) is 0 Å². The van der Waals surface area contributed by atoms with Crippen LogP contribution in [-0.2, 0) is 16.0 Å². The molecule has 1 aromatic rings. The van der Waals surface area contributed by atoms with Crippen LogP contribution in [0.1, 0.15) is 42.0 Å². The quantitative estimate of drug-likeness (QED) is 0.723. The third-order valence-corrected chi connectivity index (χ3v) is 2.68. The van der Waals surface area contributed by atoms with Crippen molar-refractivity contribution in [2.75, 3.05) is 19.7 Å². The van der Waals surface area contributed by atoms with E-state index in [1.54, 1.807) is 0 Å². The van der Waals surface area contributed by atoms with E-state index in [0.29, 0.717) is 25.9 Å². The van der Waals surface area contributed by atoms with Gasteiger partial charge in [-0.05, 0) is 25.3 Å². The molecular formula is C17H32N2O3. The van der Waals surface area contributed by atoms with E-state index in [-0.39, 0.29) is 15.4 Å². The molecule has 0 bridgehead atoms. The Morgan fingerprint density at radius 2 is 1.82 bits per heavy atom. The van der Waals surface area contributed by atoms with Gasteiger partial charge in [0.15, 0.2) is 0 Å². The highest BCUT2D eigenvalue weighted by Crippen LogP contribution is 1.98. The second kappa shape index (κ2) is 13.9. The summed E-state index contributed by atoms with van der Waals surface area (Å²) < 4.78 is 4.88. The first-order valence-electron chi connectivity index (χ1n) is 7.93. The van der Waals surface area contributed by atoms with E-state index in [4.69, 9.17) is 4.74 Å². The van der Waals surface area contributed by atoms with E-state index < -0.39 is 6.09 Å². The molecule has 0 aliphatic heterocycles. The van der Waals surface area contributed by atoms with Crippen molar-refractivity contribution in [2.24, 2.45) is 0 Å². The van der Waals surface area contributed by atoms with E-state index in [0.717, 1.165) is 6.42 Å². The van der Waals surface area contributed by atoms with E-state index >= 15 is 0 Å². The molecule has 0 heterocycles. The van der Waals surface area contributed by atoms with Crippen LogP contribution in [0.2, 0.25) is 0 Å². The highest BCUT2D eigenvalue weighted by Gasteiger charge is 2.03. The number of ether oxygens (including phenoxy) is 1. The number of carbonyl (C=O) groups is 2. The molecule has 2 amide bonds. The van der Waals surface area contributed by atoms with Crippen molar-refractivity contribution >= 4 is 12.0 Å². The Morgan fingerprint density at radius 3 is 2.45 bits per heavy atom. The molecular weight excluding hydrogens is 280 g/mol. The molecule has 1 aromatic carbocycles. The molecule has 0 radical (unpaired) electrons. The van der Waals surface area contributed by atoms with Gasteiger partial charge in [-0.2, -0.15) is 0 Å². The van der Waals surface area contributed by atoms with Gasteiger partial charge >= 0.3 is 6.09 Å². The summed E-state index contributed by atoms with van der Waals surface area (Å²) in [7, 11) is 0. The van der Waals surface area contributed by atoms with Gasteiger partial charge in [0.05, 0.1) is 6.61 Å². The zero-order valence-electron chi connectivity index (χ0n) is 13.9. The van der Waals surface area contributed by atoms with E-state index in [1.807, 2.05) is 51.1 Å². The minimum Gasteiger partial charge on any atom is -0.450 e. The predicted molar refractivity (Wildman–Crippen MR) is 93.0 cm³/mol. The Kier molecular flexibility index (Phi) is 12.6. The second-order valence-electron chi connectivity index (χ2n) is 4.36. The third-order valence-electron chi connectivity index (χ3n) is 2.68. The van der Waals surface area contributed by atoms with Gasteiger partial charge in [0.2, 0.25) is 5.91 Å². The van der Waals surface area contributed by atoms with Gasteiger partial charge in [-0.15, -0.1) is 0 Å². The van der Waals surface area contributed by atoms with Gasteiger partial charge < -0.3 is 15.4 Å². The first-order valence-corrected chi connectivity index (χ1v) is 7.93. The van der Waals surface area contributed by atoms with Crippen LogP contribution < -0.4 is 10.6 Å². The average Bonchev–Trinajstić information content (AvgIpc) is 2.55. The summed E-state index contributed by atoms with van der Waals surface area (Å²) in [5, 5.41) is 5.37. The summed E-state index contributed by atoms with van der Waals surface area (Å²) >= 11 is 0. The minimum atomic E-state index is -0.433. The Labute approximate surface area is 136 Å². The summed E-state index contributed by atoms with van der Waals surface area (Å²) in [5.74, 6) is -0.0135. The lowest BCUT2D eigenvalue weighted by atomic mass is 10.1. The highest BCUT2D eigenvalue weighted by molar-refractivity contribution is 5.75. The highest BCUT2D eigenvalue weighted by atomic mass is 16.5. The van der Waals surface area contributed by atoms with E-state index in [9.17, 15) is 9.59 Å². The number of amides is 2. The molecule has 22 heavy (non-hydrogen) atoms. The summed E-state index contributed by atoms with van der Waals surface area (Å²) in [6.07, 6.45) is 1.29. The number of alkyl carbamates (subject to hydrolysis) is 1. The second-order valence-corrected chi connectivity index (χ2v) is 4.36. The Hall–Kier alpha value is -2.04. The topological polar surface area (TPSA) is 67.4 Å². The van der Waals surface area contributed by atoms with Gasteiger partial charge in [-0.25, -0.2) is 4.79 Å². The molecule has 0 saturated heterocycles. The molecule has 128 valence electrons. The summed E-state index contributed by atoms with van der Waals surface area (Å²) in [4.78, 5) is 22.5. The third kappa shape index (κ3) is 10.7. The van der Waals surface area contributed by atoms with Gasteiger partial charge in [0.1, 0.15) is 0 Å². The van der Waals surface area contributed by atoms with Crippen molar-refractivity contribution in [1.29, 1.82) is 0 Å². The fourth-order valence-electron chi connectivity index (χ4n) is 1.67. The molecule has 2 N–H and O–H groups in total. The predicted octanol–water partition coefficient (Wildman–Crippen LogP) is 3.39. The molecule has 0 aromatic heterocycles. The maximum Gasteiger partial charge on any atom is 0.407 e. The minimum absolute atomic E-state index is 0. The van der Waals surface area contributed by atoms with Gasteiger partial charge in [0, 0.05) is 22.4 Å². The zero-order valence-corrected chi connectivity index (χ0v) is 13.9. The van der Waals surface area contributed by atoms with Gasteiger partial charge in [-0.3, -0.25) is 4.79 Å². The van der Waals surface area contributed by atoms with Crippen LogP contribution in [0.4, 0.5) is 4.79 Å². The number of rotatable bonds is 8. The molecule has 0 aliphatic rings. The fraction of sp³-hybridized carbons (Fsp3) is 0.529. The molecule has 0 aliphatic carbocycles. The van der Waals surface area contributed by atoms with Crippen LogP contribution in [0.3, 0.4) is 0 Å². The first kappa shape index (κ1) is 20.0. The summed E-state index contributed by atoms with van der Waals surface area (Å²) in [5.41, 5.74) is 1.20. The Morgan fingerprint density at radius 1 is 1.14 bits per heavy atom. The van der Waals surface area contributed by atoms with E-state index in [2.05, 4.69) is 10.6 Å². The van der Waals surface area contributed by atoms with Crippen molar-refractivity contribution in [2.45, 2.75) is 40.0 Å². The standard InChI is InChI=1S/C15H22N2O3.C2H6.2H2/c1-2-16-15(19)20-12-6-9-14(18)17-11-10-13-7-4-3-5-8-13;1-2;;/h3-5,7-8H,2,6,9-12H2,1H3,(H,16,19)(H,17,18);1-2H3;2*1H. The maximum atomic E-state index is 11.5. The number of hydrogen-bond donors (Lipinski definition) is 2. The molecule has 0 unspecified atom stereocenters. The van der Waals surface area contributed by atoms with Crippen molar-refractivity contribution in [3.8, 4) is 0 Å². The Balaban J connectivity index is -0.00000106. The Bertz CT molecular complexity index is 418. The lowest BCUT2D eigenvalue weighted by Crippen LogP contribution is -2.27. The lowest BCUT2D eigenvalue weighted by molar-refractivity contribution is -0.121. The van der Waals surface area contributed by atoms with Crippen LogP contribution in [0.15, 0.2) is 30.3 Å². The summed E-state index contributed by atoms with van der Waals surface area (Å²) in [6, 6.07) is 10.0. The largest absolute Gasteiger partial charge is 0.450 e. The molecule has 5 heteroatoms. The number of benzene rings is 1. The molecule has 5 nitrogen and oxygen atoms in total. The number of hydrogen-bond acceptors (Lipinski definition) is 3. The maximum absolute atomic E-state index is 11.5. The van der Waals surface area contributed by atoms with Crippen LogP contribution in [0.5, 0.6) is 0 Å². The molecule has 0 fully saturated rings. The van der Waals surface area contributed by atoms with Crippen LogP contribution >= 0.6 is 0 Å². The lowest BCUT2D eigenvalue weighted by Gasteiger charge is -2.06. The molecule has 0 saturated carbocycles. The molecule has 1 rings (SSSR count). The number of nitrogens with one attached hydrogen (secondary N) is 2. The molecule has 0 atom stereocenters. The summed E-state index contributed by atoms with van der Waals surface area (Å²) in [6.45, 7) is 7.25. The number of carbonyl (C=O) groups excluding carboxylic acids is 2. The van der Waals surface area contributed by atoms with Crippen molar-refractivity contribution in [3.05, 3.63) is 35.9 Å². The first-order chi connectivity index (χ1) is 10.7. The smallest absolute Gasteiger partial charge is 0.407 e. The normalized spacial score (nSPS) is 9.23. The zero-order chi connectivity index (χ0) is 16.6. The van der Waals surface area contributed by atoms with E-state index in [1.165, 1.54) is 5.56 Å². The molecule has 0 spiro atoms. The van der Waals surface area contributed by atoms with Gasteiger partial charge in [-0.1, -0.05) is 44.2 Å². The van der Waals surface area contributed by atoms with Crippen LogP contribution in [0.25, 0.3) is 0 Å². The average molecular weight is 312 g/mol.